The smallest absolute Gasteiger partial charge is 0.0483 e. The second-order valence-electron chi connectivity index (χ2n) is 4.64. The van der Waals surface area contributed by atoms with Crippen LogP contribution < -0.4 is 0 Å². The van der Waals surface area contributed by atoms with Gasteiger partial charge in [0, 0.05) is 23.3 Å². The molecule has 0 amide bonds. The fraction of sp³-hybridized carbons (Fsp3) is 0.125. The molecule has 1 heterocycles. The van der Waals surface area contributed by atoms with Crippen LogP contribution in [0.25, 0.3) is 10.9 Å². The van der Waals surface area contributed by atoms with Crippen molar-refractivity contribution < 1.29 is 0 Å². The summed E-state index contributed by atoms with van der Waals surface area (Å²) >= 11 is 6.01. The molecule has 0 aliphatic carbocycles. The van der Waals surface area contributed by atoms with E-state index in [1.54, 1.807) is 0 Å². The number of hydrogen-bond acceptors (Lipinski definition) is 0. The number of rotatable bonds is 2. The lowest BCUT2D eigenvalue weighted by Gasteiger charge is -2.06. The van der Waals surface area contributed by atoms with Gasteiger partial charge in [-0.25, -0.2) is 0 Å². The highest BCUT2D eigenvalue weighted by Gasteiger charge is 2.02. The van der Waals surface area contributed by atoms with Crippen LogP contribution in [0.1, 0.15) is 11.1 Å². The molecule has 0 saturated heterocycles. The molecule has 2 aromatic carbocycles. The number of fused-ring (bicyclic) bond motifs is 1. The Kier molecular flexibility index (Phi) is 2.85. The van der Waals surface area contributed by atoms with E-state index in [-0.39, 0.29) is 0 Å². The van der Waals surface area contributed by atoms with Crippen LogP contribution >= 0.6 is 11.6 Å². The molecule has 2 heteroatoms. The molecule has 0 radical (unpaired) electrons. The molecule has 90 valence electrons. The van der Waals surface area contributed by atoms with Crippen molar-refractivity contribution in [2.75, 3.05) is 0 Å². The molecule has 0 bridgehead atoms. The van der Waals surface area contributed by atoms with E-state index in [0.717, 1.165) is 11.6 Å². The first-order valence-electron chi connectivity index (χ1n) is 6.02. The fourth-order valence-corrected chi connectivity index (χ4v) is 2.50. The molecule has 0 aliphatic rings. The summed E-state index contributed by atoms with van der Waals surface area (Å²) < 4.78 is 2.25. The van der Waals surface area contributed by atoms with Crippen LogP contribution in [0.5, 0.6) is 0 Å². The third kappa shape index (κ3) is 2.14. The zero-order chi connectivity index (χ0) is 12.5. The van der Waals surface area contributed by atoms with Crippen molar-refractivity contribution in [2.24, 2.45) is 0 Å². The SMILES string of the molecule is Cc1ccc2c(ccn2Cc2cccc(Cl)c2)c1. The zero-order valence-corrected chi connectivity index (χ0v) is 11.0. The first-order valence-corrected chi connectivity index (χ1v) is 6.40. The van der Waals surface area contributed by atoms with Crippen molar-refractivity contribution in [3.63, 3.8) is 0 Å². The number of aryl methyl sites for hydroxylation is 1. The number of nitrogens with zero attached hydrogens (tertiary/aromatic N) is 1. The molecular weight excluding hydrogens is 242 g/mol. The van der Waals surface area contributed by atoms with Gasteiger partial charge in [-0.2, -0.15) is 0 Å². The van der Waals surface area contributed by atoms with Gasteiger partial charge < -0.3 is 4.57 Å². The minimum absolute atomic E-state index is 0.791. The number of hydrogen-bond donors (Lipinski definition) is 0. The Labute approximate surface area is 112 Å². The molecule has 18 heavy (non-hydrogen) atoms. The highest BCUT2D eigenvalue weighted by Crippen LogP contribution is 2.19. The Bertz CT molecular complexity index is 697. The van der Waals surface area contributed by atoms with Crippen molar-refractivity contribution in [3.8, 4) is 0 Å². The lowest BCUT2D eigenvalue weighted by Crippen LogP contribution is -1.97. The van der Waals surface area contributed by atoms with Gasteiger partial charge in [0.15, 0.2) is 0 Å². The van der Waals surface area contributed by atoms with Crippen LogP contribution in [-0.2, 0) is 6.54 Å². The second kappa shape index (κ2) is 4.51. The Hall–Kier alpha value is -1.73. The fourth-order valence-electron chi connectivity index (χ4n) is 2.29. The number of benzene rings is 2. The zero-order valence-electron chi connectivity index (χ0n) is 10.2. The summed E-state index contributed by atoms with van der Waals surface area (Å²) in [6.45, 7) is 2.97. The summed E-state index contributed by atoms with van der Waals surface area (Å²) in [6, 6.07) is 16.7. The van der Waals surface area contributed by atoms with Gasteiger partial charge in [-0.1, -0.05) is 35.4 Å². The topological polar surface area (TPSA) is 4.93 Å². The highest BCUT2D eigenvalue weighted by molar-refractivity contribution is 6.30. The Morgan fingerprint density at radius 1 is 1.06 bits per heavy atom. The molecule has 3 rings (SSSR count). The average Bonchev–Trinajstić information content (AvgIpc) is 2.72. The first kappa shape index (κ1) is 11.4. The second-order valence-corrected chi connectivity index (χ2v) is 5.07. The molecule has 0 spiro atoms. The molecule has 0 N–H and O–H groups in total. The molecule has 0 fully saturated rings. The molecule has 1 aromatic heterocycles. The summed E-state index contributed by atoms with van der Waals surface area (Å²) in [5.74, 6) is 0. The van der Waals surface area contributed by atoms with Crippen LogP contribution in [0, 0.1) is 6.92 Å². The van der Waals surface area contributed by atoms with E-state index in [2.05, 4.69) is 48.0 Å². The summed E-state index contributed by atoms with van der Waals surface area (Å²) in [4.78, 5) is 0. The van der Waals surface area contributed by atoms with Crippen LogP contribution in [0.3, 0.4) is 0 Å². The van der Waals surface area contributed by atoms with E-state index in [1.165, 1.54) is 22.0 Å². The van der Waals surface area contributed by atoms with Crippen molar-refractivity contribution >= 4 is 22.5 Å². The van der Waals surface area contributed by atoms with Gasteiger partial charge in [0.25, 0.3) is 0 Å². The van der Waals surface area contributed by atoms with E-state index < -0.39 is 0 Å². The monoisotopic (exact) mass is 255 g/mol. The Balaban J connectivity index is 2.00. The van der Waals surface area contributed by atoms with Gasteiger partial charge in [0.2, 0.25) is 0 Å². The predicted molar refractivity (Wildman–Crippen MR) is 77.2 cm³/mol. The van der Waals surface area contributed by atoms with E-state index in [1.807, 2.05) is 18.2 Å². The molecule has 0 aliphatic heterocycles. The lowest BCUT2D eigenvalue weighted by molar-refractivity contribution is 0.837. The molecule has 3 aromatic rings. The van der Waals surface area contributed by atoms with E-state index in [9.17, 15) is 0 Å². The van der Waals surface area contributed by atoms with Gasteiger partial charge in [-0.3, -0.25) is 0 Å². The van der Waals surface area contributed by atoms with Gasteiger partial charge in [-0.15, -0.1) is 0 Å². The molecule has 0 saturated carbocycles. The standard InChI is InChI=1S/C16H14ClN/c1-12-5-6-16-14(9-12)7-8-18(16)11-13-3-2-4-15(17)10-13/h2-10H,11H2,1H3. The van der Waals surface area contributed by atoms with Crippen molar-refractivity contribution in [1.82, 2.24) is 4.57 Å². The minimum Gasteiger partial charge on any atom is -0.343 e. The summed E-state index contributed by atoms with van der Waals surface area (Å²) in [7, 11) is 0. The van der Waals surface area contributed by atoms with E-state index in [0.29, 0.717) is 0 Å². The molecule has 0 atom stereocenters. The quantitative estimate of drug-likeness (QED) is 0.628. The molecule has 1 nitrogen and oxygen atoms in total. The maximum Gasteiger partial charge on any atom is 0.0483 e. The lowest BCUT2D eigenvalue weighted by atomic mass is 10.2. The van der Waals surface area contributed by atoms with Crippen LogP contribution in [0.2, 0.25) is 5.02 Å². The van der Waals surface area contributed by atoms with Crippen LogP contribution in [-0.4, -0.2) is 4.57 Å². The molecular formula is C16H14ClN. The first-order chi connectivity index (χ1) is 8.72. The number of halogens is 1. The highest BCUT2D eigenvalue weighted by atomic mass is 35.5. The van der Waals surface area contributed by atoms with Crippen molar-refractivity contribution in [1.29, 1.82) is 0 Å². The van der Waals surface area contributed by atoms with Gasteiger partial charge in [0.05, 0.1) is 0 Å². The normalized spacial score (nSPS) is 11.0. The molecule has 0 unspecified atom stereocenters. The van der Waals surface area contributed by atoms with Crippen LogP contribution in [0.15, 0.2) is 54.7 Å². The van der Waals surface area contributed by atoms with Crippen LogP contribution in [0.4, 0.5) is 0 Å². The van der Waals surface area contributed by atoms with E-state index >= 15 is 0 Å². The summed E-state index contributed by atoms with van der Waals surface area (Å²) in [5.41, 5.74) is 3.78. The summed E-state index contributed by atoms with van der Waals surface area (Å²) in [6.07, 6.45) is 2.13. The maximum atomic E-state index is 6.01. The Morgan fingerprint density at radius 3 is 2.78 bits per heavy atom. The largest absolute Gasteiger partial charge is 0.343 e. The van der Waals surface area contributed by atoms with Crippen molar-refractivity contribution in [2.45, 2.75) is 13.5 Å². The van der Waals surface area contributed by atoms with Gasteiger partial charge in [-0.05, 0) is 48.2 Å². The maximum absolute atomic E-state index is 6.01. The minimum atomic E-state index is 0.791. The van der Waals surface area contributed by atoms with Gasteiger partial charge in [0.1, 0.15) is 0 Å². The van der Waals surface area contributed by atoms with E-state index in [4.69, 9.17) is 11.6 Å². The predicted octanol–water partition coefficient (Wildman–Crippen LogP) is 4.65. The third-order valence-electron chi connectivity index (χ3n) is 3.17. The third-order valence-corrected chi connectivity index (χ3v) is 3.40. The summed E-state index contributed by atoms with van der Waals surface area (Å²) in [5, 5.41) is 2.08. The number of aromatic nitrogens is 1. The Morgan fingerprint density at radius 2 is 1.94 bits per heavy atom. The van der Waals surface area contributed by atoms with Gasteiger partial charge >= 0.3 is 0 Å². The average molecular weight is 256 g/mol. The van der Waals surface area contributed by atoms with Crippen molar-refractivity contribution in [3.05, 3.63) is 70.9 Å².